The molecule has 0 atom stereocenters. The number of hydrogen-bond acceptors (Lipinski definition) is 3. The van der Waals surface area contributed by atoms with E-state index >= 15 is 0 Å². The van der Waals surface area contributed by atoms with Crippen LogP contribution in [0.15, 0.2) is 30.3 Å². The third-order valence-electron chi connectivity index (χ3n) is 2.91. The Balaban J connectivity index is 1.92. The quantitative estimate of drug-likeness (QED) is 0.823. The molecule has 1 aliphatic rings. The number of carbonyl (C=O) groups excluding carboxylic acids is 1. The first-order chi connectivity index (χ1) is 8.75. The van der Waals surface area contributed by atoms with Gasteiger partial charge < -0.3 is 15.8 Å². The van der Waals surface area contributed by atoms with Gasteiger partial charge >= 0.3 is 0 Å². The Morgan fingerprint density at radius 1 is 1.33 bits per heavy atom. The highest BCUT2D eigenvalue weighted by Gasteiger charge is 2.05. The van der Waals surface area contributed by atoms with Gasteiger partial charge in [0.25, 0.3) is 0 Å². The lowest BCUT2D eigenvalue weighted by atomic mass is 10.0. The first-order valence-corrected chi connectivity index (χ1v) is 6.17. The summed E-state index contributed by atoms with van der Waals surface area (Å²) >= 11 is 0. The second kappa shape index (κ2) is 6.21. The monoisotopic (exact) mass is 246 g/mol. The Bertz CT molecular complexity index is 438. The van der Waals surface area contributed by atoms with Crippen LogP contribution >= 0.6 is 0 Å². The molecule has 0 saturated carbocycles. The van der Waals surface area contributed by atoms with Crippen molar-refractivity contribution in [2.24, 2.45) is 5.73 Å². The van der Waals surface area contributed by atoms with E-state index in [4.69, 9.17) is 10.5 Å². The lowest BCUT2D eigenvalue weighted by Gasteiger charge is -2.14. The molecule has 1 aromatic carbocycles. The molecule has 96 valence electrons. The fourth-order valence-corrected chi connectivity index (χ4v) is 1.92. The zero-order chi connectivity index (χ0) is 12.8. The van der Waals surface area contributed by atoms with Gasteiger partial charge in [0.2, 0.25) is 5.91 Å². The number of amides is 1. The van der Waals surface area contributed by atoms with Gasteiger partial charge in [-0.2, -0.15) is 0 Å². The topological polar surface area (TPSA) is 64.4 Å². The predicted octanol–water partition coefficient (Wildman–Crippen LogP) is 1.32. The molecule has 0 spiro atoms. The van der Waals surface area contributed by atoms with Gasteiger partial charge in [-0.05, 0) is 36.2 Å². The minimum Gasteiger partial charge on any atom is -0.493 e. The van der Waals surface area contributed by atoms with Crippen LogP contribution in [0, 0.1) is 0 Å². The Morgan fingerprint density at radius 2 is 2.11 bits per heavy atom. The van der Waals surface area contributed by atoms with Crippen LogP contribution in [-0.2, 0) is 4.79 Å². The van der Waals surface area contributed by atoms with Gasteiger partial charge in [0.1, 0.15) is 5.75 Å². The second-order valence-electron chi connectivity index (χ2n) is 4.27. The maximum atomic E-state index is 10.6. The summed E-state index contributed by atoms with van der Waals surface area (Å²) in [6.45, 7) is 2.30. The van der Waals surface area contributed by atoms with E-state index in [2.05, 4.69) is 23.5 Å². The maximum absolute atomic E-state index is 10.6. The molecule has 0 aromatic heterocycles. The SMILES string of the molecule is NC(=O)CCOc1ccc(C2=CCNCC2)cc1. The average Bonchev–Trinajstić information content (AvgIpc) is 2.40. The van der Waals surface area contributed by atoms with Gasteiger partial charge in [-0.25, -0.2) is 0 Å². The Hall–Kier alpha value is -1.81. The van der Waals surface area contributed by atoms with E-state index in [1.165, 1.54) is 11.1 Å². The minimum atomic E-state index is -0.341. The van der Waals surface area contributed by atoms with Crippen LogP contribution in [-0.4, -0.2) is 25.6 Å². The summed E-state index contributed by atoms with van der Waals surface area (Å²) in [5, 5.41) is 3.29. The molecular formula is C14H18N2O2. The van der Waals surface area contributed by atoms with E-state index in [0.717, 1.165) is 25.3 Å². The largest absolute Gasteiger partial charge is 0.493 e. The van der Waals surface area contributed by atoms with E-state index < -0.39 is 0 Å². The van der Waals surface area contributed by atoms with Gasteiger partial charge in [0, 0.05) is 6.54 Å². The van der Waals surface area contributed by atoms with Gasteiger partial charge in [-0.1, -0.05) is 18.2 Å². The van der Waals surface area contributed by atoms with E-state index in [0.29, 0.717) is 6.61 Å². The van der Waals surface area contributed by atoms with E-state index in [1.54, 1.807) is 0 Å². The molecular weight excluding hydrogens is 228 g/mol. The Labute approximate surface area is 107 Å². The number of hydrogen-bond donors (Lipinski definition) is 2. The number of primary amides is 1. The van der Waals surface area contributed by atoms with Crippen molar-refractivity contribution >= 4 is 11.5 Å². The molecule has 0 bridgehead atoms. The van der Waals surface area contributed by atoms with Crippen LogP contribution in [0.2, 0.25) is 0 Å². The first-order valence-electron chi connectivity index (χ1n) is 6.17. The molecule has 0 radical (unpaired) electrons. The average molecular weight is 246 g/mol. The highest BCUT2D eigenvalue weighted by atomic mass is 16.5. The van der Waals surface area contributed by atoms with E-state index in [1.807, 2.05) is 12.1 Å². The van der Waals surface area contributed by atoms with Crippen LogP contribution in [0.5, 0.6) is 5.75 Å². The van der Waals surface area contributed by atoms with Crippen LogP contribution < -0.4 is 15.8 Å². The second-order valence-corrected chi connectivity index (χ2v) is 4.27. The zero-order valence-corrected chi connectivity index (χ0v) is 10.3. The van der Waals surface area contributed by atoms with Crippen LogP contribution in [0.3, 0.4) is 0 Å². The molecule has 0 aliphatic carbocycles. The number of nitrogens with one attached hydrogen (secondary N) is 1. The smallest absolute Gasteiger partial charge is 0.220 e. The van der Waals surface area contributed by atoms with Crippen LogP contribution in [0.25, 0.3) is 5.57 Å². The summed E-state index contributed by atoms with van der Waals surface area (Å²) in [4.78, 5) is 10.6. The summed E-state index contributed by atoms with van der Waals surface area (Å²) in [5.74, 6) is 0.431. The number of nitrogens with two attached hydrogens (primary N) is 1. The van der Waals surface area contributed by atoms with Gasteiger partial charge in [-0.15, -0.1) is 0 Å². The summed E-state index contributed by atoms with van der Waals surface area (Å²) < 4.78 is 5.43. The normalized spacial score (nSPS) is 15.0. The third-order valence-corrected chi connectivity index (χ3v) is 2.91. The Kier molecular flexibility index (Phi) is 4.36. The molecule has 3 N–H and O–H groups in total. The fourth-order valence-electron chi connectivity index (χ4n) is 1.92. The molecule has 1 aromatic rings. The van der Waals surface area contributed by atoms with Crippen molar-refractivity contribution < 1.29 is 9.53 Å². The molecule has 0 fully saturated rings. The molecule has 4 heteroatoms. The number of carbonyl (C=O) groups is 1. The minimum absolute atomic E-state index is 0.249. The Morgan fingerprint density at radius 3 is 2.72 bits per heavy atom. The molecule has 1 aliphatic heterocycles. The van der Waals surface area contributed by atoms with Crippen molar-refractivity contribution in [1.29, 1.82) is 0 Å². The molecule has 18 heavy (non-hydrogen) atoms. The highest BCUT2D eigenvalue weighted by molar-refractivity contribution is 5.73. The maximum Gasteiger partial charge on any atom is 0.220 e. The molecule has 0 saturated heterocycles. The van der Waals surface area contributed by atoms with Gasteiger partial charge in [0.05, 0.1) is 13.0 Å². The third kappa shape index (κ3) is 3.60. The van der Waals surface area contributed by atoms with Gasteiger partial charge in [-0.3, -0.25) is 4.79 Å². The number of ether oxygens (including phenoxy) is 1. The van der Waals surface area contributed by atoms with Crippen LogP contribution in [0.1, 0.15) is 18.4 Å². The standard InChI is InChI=1S/C14H18N2O2/c15-14(17)7-10-18-13-3-1-11(2-4-13)12-5-8-16-9-6-12/h1-5,16H,6-10H2,(H2,15,17). The summed E-state index contributed by atoms with van der Waals surface area (Å²) in [6.07, 6.45) is 3.52. The first kappa shape index (κ1) is 12.6. The summed E-state index contributed by atoms with van der Waals surface area (Å²) in [5.41, 5.74) is 7.65. The van der Waals surface area contributed by atoms with E-state index in [9.17, 15) is 4.79 Å². The van der Waals surface area contributed by atoms with Crippen molar-refractivity contribution in [3.8, 4) is 5.75 Å². The van der Waals surface area contributed by atoms with E-state index in [-0.39, 0.29) is 12.3 Å². The van der Waals surface area contributed by atoms with Crippen molar-refractivity contribution in [2.75, 3.05) is 19.7 Å². The van der Waals surface area contributed by atoms with Gasteiger partial charge in [0.15, 0.2) is 0 Å². The zero-order valence-electron chi connectivity index (χ0n) is 10.3. The highest BCUT2D eigenvalue weighted by Crippen LogP contribution is 2.22. The lowest BCUT2D eigenvalue weighted by molar-refractivity contribution is -0.118. The predicted molar refractivity (Wildman–Crippen MR) is 71.2 cm³/mol. The fraction of sp³-hybridized carbons (Fsp3) is 0.357. The van der Waals surface area contributed by atoms with Crippen LogP contribution in [0.4, 0.5) is 0 Å². The van der Waals surface area contributed by atoms with Crippen molar-refractivity contribution in [1.82, 2.24) is 5.32 Å². The van der Waals surface area contributed by atoms with Crippen molar-refractivity contribution in [2.45, 2.75) is 12.8 Å². The summed E-state index contributed by atoms with van der Waals surface area (Å²) in [6, 6.07) is 7.96. The molecule has 1 amide bonds. The molecule has 4 nitrogen and oxygen atoms in total. The van der Waals surface area contributed by atoms with Crippen molar-refractivity contribution in [3.63, 3.8) is 0 Å². The molecule has 1 heterocycles. The number of rotatable bonds is 5. The number of benzene rings is 1. The van der Waals surface area contributed by atoms with Crippen molar-refractivity contribution in [3.05, 3.63) is 35.9 Å². The lowest BCUT2D eigenvalue weighted by Crippen LogP contribution is -2.19. The molecule has 2 rings (SSSR count). The summed E-state index contributed by atoms with van der Waals surface area (Å²) in [7, 11) is 0. The molecule has 0 unspecified atom stereocenters.